The van der Waals surface area contributed by atoms with E-state index < -0.39 is 17.5 Å². The molecule has 208 valence electrons. The predicted molar refractivity (Wildman–Crippen MR) is 148 cm³/mol. The number of amides is 1. The number of nitrogens with two attached hydrogens (primary N) is 2. The number of esters is 1. The van der Waals surface area contributed by atoms with Gasteiger partial charge in [-0.1, -0.05) is 20.8 Å². The van der Waals surface area contributed by atoms with Gasteiger partial charge in [0.15, 0.2) is 6.61 Å². The van der Waals surface area contributed by atoms with Crippen LogP contribution in [-0.4, -0.2) is 38.3 Å². The molecule has 0 aromatic heterocycles. The van der Waals surface area contributed by atoms with Crippen molar-refractivity contribution in [3.8, 4) is 17.2 Å². The molecule has 0 aliphatic heterocycles. The van der Waals surface area contributed by atoms with Crippen molar-refractivity contribution in [2.45, 2.75) is 59.5 Å². The number of methoxy groups -OCH3 is 2. The summed E-state index contributed by atoms with van der Waals surface area (Å²) in [6.07, 6.45) is 0. The molecule has 2 rings (SSSR count). The average Bonchev–Trinajstić information content (AvgIpc) is 2.83. The summed E-state index contributed by atoms with van der Waals surface area (Å²) in [4.78, 5) is 25.2. The molecule has 0 atom stereocenters. The topological polar surface area (TPSA) is 138 Å². The smallest absolute Gasteiger partial charge is 0.344 e. The van der Waals surface area contributed by atoms with E-state index in [4.69, 9.17) is 30.5 Å². The zero-order valence-electron chi connectivity index (χ0n) is 23.7. The van der Waals surface area contributed by atoms with Crippen LogP contribution >= 0.6 is 0 Å². The Kier molecular flexibility index (Phi) is 9.64. The molecule has 5 N–H and O–H groups in total. The molecule has 0 aliphatic rings. The van der Waals surface area contributed by atoms with Crippen molar-refractivity contribution in [2.24, 2.45) is 11.6 Å². The van der Waals surface area contributed by atoms with Crippen molar-refractivity contribution in [3.63, 3.8) is 0 Å². The Bertz CT molecular complexity index is 1190. The molecule has 10 heteroatoms. The second-order valence-corrected chi connectivity index (χ2v) is 10.7. The molecule has 0 spiro atoms. The van der Waals surface area contributed by atoms with Crippen molar-refractivity contribution in [1.29, 1.82) is 0 Å². The minimum absolute atomic E-state index is 0.102. The number of ether oxygens (including phenoxy) is 4. The Hall–Kier alpha value is -3.92. The number of allylic oxidation sites excluding steroid dienone is 1. The van der Waals surface area contributed by atoms with Gasteiger partial charge in [-0.05, 0) is 62.9 Å². The van der Waals surface area contributed by atoms with Crippen LogP contribution in [0.15, 0.2) is 47.8 Å². The molecular weight excluding hydrogens is 488 g/mol. The van der Waals surface area contributed by atoms with E-state index in [1.165, 1.54) is 19.2 Å². The molecule has 2 aromatic carbocycles. The first-order chi connectivity index (χ1) is 17.6. The zero-order chi connectivity index (χ0) is 28.8. The van der Waals surface area contributed by atoms with Crippen LogP contribution in [0.25, 0.3) is 0 Å². The first kappa shape index (κ1) is 30.3. The number of rotatable bonds is 9. The fraction of sp³-hybridized carbons (Fsp3) is 0.429. The number of benzene rings is 2. The molecule has 0 saturated heterocycles. The van der Waals surface area contributed by atoms with Crippen molar-refractivity contribution in [1.82, 2.24) is 0 Å². The predicted octanol–water partition coefficient (Wildman–Crippen LogP) is 4.23. The number of carbonyl (C=O) groups is 2. The highest BCUT2D eigenvalue weighted by Gasteiger charge is 2.21. The molecule has 1 amide bonds. The highest BCUT2D eigenvalue weighted by atomic mass is 16.6. The average molecular weight is 529 g/mol. The van der Waals surface area contributed by atoms with Crippen LogP contribution in [0.4, 0.5) is 11.4 Å². The summed E-state index contributed by atoms with van der Waals surface area (Å²) >= 11 is 0. The quantitative estimate of drug-likeness (QED) is 0.189. The molecule has 10 nitrogen and oxygen atoms in total. The summed E-state index contributed by atoms with van der Waals surface area (Å²) in [7, 11) is 3.05. The Labute approximate surface area is 224 Å². The first-order valence-electron chi connectivity index (χ1n) is 12.1. The lowest BCUT2D eigenvalue weighted by Crippen LogP contribution is -2.34. The maximum atomic E-state index is 13.1. The number of hydrogen-bond donors (Lipinski definition) is 3. The zero-order valence-corrected chi connectivity index (χ0v) is 23.7. The van der Waals surface area contributed by atoms with Gasteiger partial charge in [0.05, 0.1) is 19.9 Å². The SMILES string of the molecule is COc1ccc(OC)c(N(N)/C(C)=C(\N)C(=O)Nc2cc(OCC(=O)OC(C)(C)C)cc(C(C)(C)C)c2)c1. The maximum Gasteiger partial charge on any atom is 0.344 e. The van der Waals surface area contributed by atoms with E-state index in [1.54, 1.807) is 52.0 Å². The van der Waals surface area contributed by atoms with Crippen LogP contribution in [-0.2, 0) is 19.7 Å². The Morgan fingerprint density at radius 1 is 0.947 bits per heavy atom. The number of anilines is 2. The van der Waals surface area contributed by atoms with Gasteiger partial charge >= 0.3 is 5.97 Å². The van der Waals surface area contributed by atoms with E-state index in [9.17, 15) is 9.59 Å². The van der Waals surface area contributed by atoms with E-state index in [-0.39, 0.29) is 17.7 Å². The minimum Gasteiger partial charge on any atom is -0.497 e. The van der Waals surface area contributed by atoms with Crippen LogP contribution in [0, 0.1) is 0 Å². The highest BCUT2D eigenvalue weighted by Crippen LogP contribution is 2.33. The molecule has 0 saturated carbocycles. The molecule has 0 fully saturated rings. The summed E-state index contributed by atoms with van der Waals surface area (Å²) < 4.78 is 21.7. The lowest BCUT2D eigenvalue weighted by molar-refractivity contribution is -0.157. The fourth-order valence-corrected chi connectivity index (χ4v) is 3.36. The number of nitrogens with one attached hydrogen (secondary N) is 1. The number of hydrazine groups is 1. The molecule has 0 unspecified atom stereocenters. The second-order valence-electron chi connectivity index (χ2n) is 10.7. The van der Waals surface area contributed by atoms with Gasteiger partial charge in [0, 0.05) is 17.8 Å². The molecular formula is C28H40N4O6. The molecule has 0 aliphatic carbocycles. The summed E-state index contributed by atoms with van der Waals surface area (Å²) in [5.74, 6) is 6.68. The molecule has 0 bridgehead atoms. The Balaban J connectivity index is 2.32. The second kappa shape index (κ2) is 12.1. The number of nitrogens with zero attached hydrogens (tertiary/aromatic N) is 1. The van der Waals surface area contributed by atoms with Gasteiger partial charge in [-0.3, -0.25) is 9.80 Å². The number of hydrogen-bond acceptors (Lipinski definition) is 9. The maximum absolute atomic E-state index is 13.1. The van der Waals surface area contributed by atoms with Gasteiger partial charge in [0.2, 0.25) is 0 Å². The number of carbonyl (C=O) groups excluding carboxylic acids is 2. The van der Waals surface area contributed by atoms with Crippen molar-refractivity contribution in [2.75, 3.05) is 31.2 Å². The Morgan fingerprint density at radius 3 is 2.16 bits per heavy atom. The first-order valence-corrected chi connectivity index (χ1v) is 12.1. The van der Waals surface area contributed by atoms with Gasteiger partial charge in [-0.2, -0.15) is 0 Å². The normalized spacial score (nSPS) is 12.3. The van der Waals surface area contributed by atoms with Crippen molar-refractivity contribution >= 4 is 23.3 Å². The van der Waals surface area contributed by atoms with Crippen LogP contribution in [0.1, 0.15) is 54.0 Å². The summed E-state index contributed by atoms with van der Waals surface area (Å²) in [6, 6.07) is 10.4. The fourth-order valence-electron chi connectivity index (χ4n) is 3.36. The standard InChI is InChI=1S/C28H40N4O6/c1-17(32(30)22-15-20(35-8)10-11-23(22)36-9)25(29)26(34)31-19-12-18(27(2,3)4)13-21(14-19)37-16-24(33)38-28(5,6)7/h10-15H,16,29-30H2,1-9H3,(H,31,34)/b25-17-. The lowest BCUT2D eigenvalue weighted by atomic mass is 9.86. The third kappa shape index (κ3) is 8.31. The summed E-state index contributed by atoms with van der Waals surface area (Å²) in [5.41, 5.74) is 7.31. The molecule has 0 radical (unpaired) electrons. The third-order valence-corrected chi connectivity index (χ3v) is 5.45. The molecule has 38 heavy (non-hydrogen) atoms. The van der Waals surface area contributed by atoms with Gasteiger partial charge in [0.1, 0.15) is 34.2 Å². The van der Waals surface area contributed by atoms with E-state index in [1.807, 2.05) is 32.9 Å². The van der Waals surface area contributed by atoms with Crippen LogP contribution < -0.4 is 36.1 Å². The van der Waals surface area contributed by atoms with Crippen LogP contribution in [0.5, 0.6) is 17.2 Å². The van der Waals surface area contributed by atoms with Crippen LogP contribution in [0.3, 0.4) is 0 Å². The van der Waals surface area contributed by atoms with E-state index >= 15 is 0 Å². The highest BCUT2D eigenvalue weighted by molar-refractivity contribution is 6.04. The third-order valence-electron chi connectivity index (χ3n) is 5.45. The lowest BCUT2D eigenvalue weighted by Gasteiger charge is -2.24. The van der Waals surface area contributed by atoms with Crippen molar-refractivity contribution < 1.29 is 28.5 Å². The van der Waals surface area contributed by atoms with Crippen LogP contribution in [0.2, 0.25) is 0 Å². The van der Waals surface area contributed by atoms with E-state index in [0.29, 0.717) is 34.3 Å². The molecule has 2 aromatic rings. The summed E-state index contributed by atoms with van der Waals surface area (Å²) in [5, 5.41) is 4.06. The summed E-state index contributed by atoms with van der Waals surface area (Å²) in [6.45, 7) is 12.8. The monoisotopic (exact) mass is 528 g/mol. The van der Waals surface area contributed by atoms with Gasteiger partial charge in [0.25, 0.3) is 5.91 Å². The van der Waals surface area contributed by atoms with Crippen molar-refractivity contribution in [3.05, 3.63) is 53.4 Å². The van der Waals surface area contributed by atoms with Gasteiger partial charge in [-0.25, -0.2) is 10.6 Å². The Morgan fingerprint density at radius 2 is 1.61 bits per heavy atom. The van der Waals surface area contributed by atoms with Gasteiger partial charge in [-0.15, -0.1) is 0 Å². The molecule has 0 heterocycles. The largest absolute Gasteiger partial charge is 0.497 e. The van der Waals surface area contributed by atoms with Gasteiger partial charge < -0.3 is 30.0 Å². The minimum atomic E-state index is -0.625. The van der Waals surface area contributed by atoms with E-state index in [0.717, 1.165) is 5.56 Å². The van der Waals surface area contributed by atoms with E-state index in [2.05, 4.69) is 5.32 Å².